The van der Waals surface area contributed by atoms with Crippen molar-refractivity contribution in [1.82, 2.24) is 10.4 Å². The number of hydrogen-bond donors (Lipinski definition) is 1. The first-order valence-corrected chi connectivity index (χ1v) is 7.77. The zero-order valence-corrected chi connectivity index (χ0v) is 13.9. The van der Waals surface area contributed by atoms with Crippen molar-refractivity contribution in [1.29, 1.82) is 0 Å². The van der Waals surface area contributed by atoms with Gasteiger partial charge in [-0.25, -0.2) is 0 Å². The van der Waals surface area contributed by atoms with E-state index in [2.05, 4.69) is 24.2 Å². The van der Waals surface area contributed by atoms with Gasteiger partial charge in [0.25, 0.3) is 0 Å². The lowest BCUT2D eigenvalue weighted by atomic mass is 10.2. The fourth-order valence-corrected chi connectivity index (χ4v) is 1.92. The maximum atomic E-state index is 5.86. The standard InChI is InChI=1S/C17H25ClN2O/c1-4-17(19-21-14-13-20(5-2)6-3)12-9-15-7-10-16(18)11-8-15/h4,7-12,19H,5-6,13-14H2,1-3H3. The average Bonchev–Trinajstić information content (AvgIpc) is 2.52. The van der Waals surface area contributed by atoms with Crippen LogP contribution in [-0.2, 0) is 4.84 Å². The largest absolute Gasteiger partial charge is 0.301 e. The lowest BCUT2D eigenvalue weighted by molar-refractivity contribution is 0.0486. The van der Waals surface area contributed by atoms with Crippen LogP contribution in [0.3, 0.4) is 0 Å². The molecule has 0 radical (unpaired) electrons. The van der Waals surface area contributed by atoms with E-state index in [1.807, 2.05) is 49.4 Å². The third-order valence-electron chi connectivity index (χ3n) is 3.23. The number of nitrogens with zero attached hydrogens (tertiary/aromatic N) is 1. The number of halogens is 1. The highest BCUT2D eigenvalue weighted by Gasteiger charge is 1.98. The van der Waals surface area contributed by atoms with Crippen LogP contribution in [0.25, 0.3) is 6.08 Å². The minimum Gasteiger partial charge on any atom is -0.301 e. The molecular weight excluding hydrogens is 284 g/mol. The fourth-order valence-electron chi connectivity index (χ4n) is 1.80. The highest BCUT2D eigenvalue weighted by Crippen LogP contribution is 2.11. The molecule has 0 saturated heterocycles. The minimum absolute atomic E-state index is 0.661. The lowest BCUT2D eigenvalue weighted by Gasteiger charge is -2.17. The van der Waals surface area contributed by atoms with Crippen LogP contribution >= 0.6 is 11.6 Å². The molecule has 0 amide bonds. The zero-order chi connectivity index (χ0) is 15.5. The van der Waals surface area contributed by atoms with Crippen LogP contribution in [0, 0.1) is 0 Å². The molecule has 116 valence electrons. The van der Waals surface area contributed by atoms with Crippen molar-refractivity contribution in [3.8, 4) is 0 Å². The fraction of sp³-hybridized carbons (Fsp3) is 0.412. The average molecular weight is 309 g/mol. The van der Waals surface area contributed by atoms with Gasteiger partial charge in [0.1, 0.15) is 0 Å². The molecule has 1 N–H and O–H groups in total. The van der Waals surface area contributed by atoms with E-state index in [0.717, 1.165) is 35.9 Å². The second-order valence-electron chi connectivity index (χ2n) is 4.61. The van der Waals surface area contributed by atoms with Crippen molar-refractivity contribution in [3.63, 3.8) is 0 Å². The molecule has 0 spiro atoms. The monoisotopic (exact) mass is 308 g/mol. The molecule has 1 rings (SSSR count). The molecule has 21 heavy (non-hydrogen) atoms. The number of likely N-dealkylation sites (N-methyl/N-ethyl adjacent to an activating group) is 1. The molecule has 0 aliphatic heterocycles. The quantitative estimate of drug-likeness (QED) is 0.422. The summed E-state index contributed by atoms with van der Waals surface area (Å²) in [7, 11) is 0. The van der Waals surface area contributed by atoms with Gasteiger partial charge < -0.3 is 4.90 Å². The van der Waals surface area contributed by atoms with Crippen LogP contribution in [0.2, 0.25) is 5.02 Å². The Bertz CT molecular complexity index is 450. The van der Waals surface area contributed by atoms with E-state index in [0.29, 0.717) is 6.61 Å². The maximum absolute atomic E-state index is 5.86. The predicted octanol–water partition coefficient (Wildman–Crippen LogP) is 4.12. The summed E-state index contributed by atoms with van der Waals surface area (Å²) in [6.07, 6.45) is 5.98. The normalized spacial score (nSPS) is 12.3. The summed E-state index contributed by atoms with van der Waals surface area (Å²) in [5.41, 5.74) is 5.01. The van der Waals surface area contributed by atoms with Crippen LogP contribution in [-0.4, -0.2) is 31.1 Å². The zero-order valence-electron chi connectivity index (χ0n) is 13.1. The SMILES string of the molecule is CC=C(C=Cc1ccc(Cl)cc1)NOCCN(CC)CC. The lowest BCUT2D eigenvalue weighted by Crippen LogP contribution is -2.29. The molecular formula is C17H25ClN2O. The van der Waals surface area contributed by atoms with Gasteiger partial charge in [-0.1, -0.05) is 49.7 Å². The summed E-state index contributed by atoms with van der Waals surface area (Å²) in [4.78, 5) is 7.82. The first-order chi connectivity index (χ1) is 10.2. The molecule has 0 atom stereocenters. The second-order valence-corrected chi connectivity index (χ2v) is 5.04. The van der Waals surface area contributed by atoms with Crippen molar-refractivity contribution < 1.29 is 4.84 Å². The number of nitrogens with one attached hydrogen (secondary N) is 1. The van der Waals surface area contributed by atoms with Crippen LogP contribution in [0.4, 0.5) is 0 Å². The number of hydroxylamine groups is 1. The number of benzene rings is 1. The molecule has 0 saturated carbocycles. The van der Waals surface area contributed by atoms with E-state index in [9.17, 15) is 0 Å². The van der Waals surface area contributed by atoms with Gasteiger partial charge in [0.2, 0.25) is 0 Å². The van der Waals surface area contributed by atoms with E-state index >= 15 is 0 Å². The summed E-state index contributed by atoms with van der Waals surface area (Å²) in [5, 5.41) is 0.747. The van der Waals surface area contributed by atoms with Crippen molar-refractivity contribution >= 4 is 17.7 Å². The Morgan fingerprint density at radius 1 is 1.24 bits per heavy atom. The van der Waals surface area contributed by atoms with Gasteiger partial charge in [0.15, 0.2) is 0 Å². The summed E-state index contributed by atoms with van der Waals surface area (Å²) in [5.74, 6) is 0. The Balaban J connectivity index is 2.37. The first kappa shape index (κ1) is 17.8. The van der Waals surface area contributed by atoms with Gasteiger partial charge in [0.05, 0.1) is 12.3 Å². The number of allylic oxidation sites excluding steroid dienone is 2. The van der Waals surface area contributed by atoms with Crippen LogP contribution < -0.4 is 5.48 Å². The molecule has 0 fully saturated rings. The van der Waals surface area contributed by atoms with Crippen LogP contribution in [0.1, 0.15) is 26.3 Å². The van der Waals surface area contributed by atoms with Gasteiger partial charge >= 0.3 is 0 Å². The highest BCUT2D eigenvalue weighted by atomic mass is 35.5. The second kappa shape index (κ2) is 10.4. The van der Waals surface area contributed by atoms with Crippen molar-refractivity contribution in [2.75, 3.05) is 26.2 Å². The predicted molar refractivity (Wildman–Crippen MR) is 91.1 cm³/mol. The molecule has 0 aliphatic rings. The van der Waals surface area contributed by atoms with Gasteiger partial charge in [-0.2, -0.15) is 0 Å². The van der Waals surface area contributed by atoms with Gasteiger partial charge in [-0.15, -0.1) is 0 Å². The van der Waals surface area contributed by atoms with Gasteiger partial charge in [0, 0.05) is 11.6 Å². The van der Waals surface area contributed by atoms with Gasteiger partial charge in [-0.05, 0) is 43.8 Å². The van der Waals surface area contributed by atoms with Crippen LogP contribution in [0.5, 0.6) is 0 Å². The Morgan fingerprint density at radius 3 is 2.48 bits per heavy atom. The molecule has 0 unspecified atom stereocenters. The molecule has 4 heteroatoms. The minimum atomic E-state index is 0.661. The molecule has 1 aromatic carbocycles. The molecule has 0 aromatic heterocycles. The Labute approximate surface area is 133 Å². The van der Waals surface area contributed by atoms with E-state index < -0.39 is 0 Å². The summed E-state index contributed by atoms with van der Waals surface area (Å²) in [6, 6.07) is 7.72. The van der Waals surface area contributed by atoms with Crippen LogP contribution in [0.15, 0.2) is 42.1 Å². The maximum Gasteiger partial charge on any atom is 0.0873 e. The third kappa shape index (κ3) is 7.32. The molecule has 0 aliphatic carbocycles. The van der Waals surface area contributed by atoms with Crippen molar-refractivity contribution in [2.45, 2.75) is 20.8 Å². The van der Waals surface area contributed by atoms with Crippen molar-refractivity contribution in [2.24, 2.45) is 0 Å². The van der Waals surface area contributed by atoms with E-state index in [4.69, 9.17) is 16.4 Å². The Morgan fingerprint density at radius 2 is 1.90 bits per heavy atom. The van der Waals surface area contributed by atoms with E-state index in [1.54, 1.807) is 0 Å². The summed E-state index contributed by atoms with van der Waals surface area (Å²) < 4.78 is 0. The molecule has 0 heterocycles. The first-order valence-electron chi connectivity index (χ1n) is 7.39. The summed E-state index contributed by atoms with van der Waals surface area (Å²) in [6.45, 7) is 9.97. The highest BCUT2D eigenvalue weighted by molar-refractivity contribution is 6.30. The molecule has 3 nitrogen and oxygen atoms in total. The van der Waals surface area contributed by atoms with E-state index in [1.165, 1.54) is 0 Å². The third-order valence-corrected chi connectivity index (χ3v) is 3.48. The number of hydrogen-bond acceptors (Lipinski definition) is 3. The summed E-state index contributed by atoms with van der Waals surface area (Å²) >= 11 is 5.86. The molecule has 0 bridgehead atoms. The topological polar surface area (TPSA) is 24.5 Å². The Hall–Kier alpha value is -1.29. The number of rotatable bonds is 9. The van der Waals surface area contributed by atoms with Gasteiger partial charge in [-0.3, -0.25) is 10.3 Å². The van der Waals surface area contributed by atoms with Crippen molar-refractivity contribution in [3.05, 3.63) is 52.7 Å². The Kier molecular flexibility index (Phi) is 8.83. The smallest absolute Gasteiger partial charge is 0.0873 e. The van der Waals surface area contributed by atoms with E-state index in [-0.39, 0.29) is 0 Å². The molecule has 1 aromatic rings.